The summed E-state index contributed by atoms with van der Waals surface area (Å²) in [5.74, 6) is 2.12. The molecule has 1 heteroatoms. The van der Waals surface area contributed by atoms with Crippen LogP contribution in [0.4, 0.5) is 4.39 Å². The van der Waals surface area contributed by atoms with Gasteiger partial charge in [0, 0.05) is 0 Å². The third kappa shape index (κ3) is 7.78. The number of hydrogen-bond donors (Lipinski definition) is 0. The van der Waals surface area contributed by atoms with Crippen molar-refractivity contribution in [3.8, 4) is 0 Å². The van der Waals surface area contributed by atoms with Crippen LogP contribution in [0.5, 0.6) is 0 Å². The molecule has 0 aliphatic heterocycles. The molecular formula is C16H33F. The first-order chi connectivity index (χ1) is 8.04. The number of hydrogen-bond acceptors (Lipinski definition) is 0. The first-order valence-corrected chi connectivity index (χ1v) is 7.69. The van der Waals surface area contributed by atoms with Gasteiger partial charge in [0.15, 0.2) is 0 Å². The summed E-state index contributed by atoms with van der Waals surface area (Å²) in [6.07, 6.45) is 7.89. The lowest BCUT2D eigenvalue weighted by Gasteiger charge is -2.27. The monoisotopic (exact) mass is 244 g/mol. The molecule has 0 fully saturated rings. The second kappa shape index (κ2) is 9.91. The van der Waals surface area contributed by atoms with Gasteiger partial charge >= 0.3 is 0 Å². The molecule has 0 nitrogen and oxygen atoms in total. The summed E-state index contributed by atoms with van der Waals surface area (Å²) in [4.78, 5) is 0. The molecule has 0 saturated heterocycles. The maximum Gasteiger partial charge on any atom is 0.0976 e. The van der Waals surface area contributed by atoms with Gasteiger partial charge in [-0.15, -0.1) is 0 Å². The zero-order valence-electron chi connectivity index (χ0n) is 12.6. The lowest BCUT2D eigenvalue weighted by molar-refractivity contribution is 0.203. The van der Waals surface area contributed by atoms with E-state index in [1.54, 1.807) is 6.92 Å². The summed E-state index contributed by atoms with van der Waals surface area (Å²) in [5, 5.41) is 0. The topological polar surface area (TPSA) is 0 Å². The van der Waals surface area contributed by atoms with Crippen molar-refractivity contribution >= 4 is 0 Å². The molecule has 0 aromatic heterocycles. The van der Waals surface area contributed by atoms with Crippen molar-refractivity contribution in [1.29, 1.82) is 0 Å². The van der Waals surface area contributed by atoms with Gasteiger partial charge in [-0.25, -0.2) is 4.39 Å². The van der Waals surface area contributed by atoms with Gasteiger partial charge in [0.1, 0.15) is 0 Å². The summed E-state index contributed by atoms with van der Waals surface area (Å²) >= 11 is 0. The summed E-state index contributed by atoms with van der Waals surface area (Å²) in [6.45, 7) is 10.7. The van der Waals surface area contributed by atoms with E-state index in [-0.39, 0.29) is 0 Å². The first kappa shape index (κ1) is 16.9. The van der Waals surface area contributed by atoms with Gasteiger partial charge < -0.3 is 0 Å². The molecule has 17 heavy (non-hydrogen) atoms. The SMILES string of the molecule is CCCC(CCC)CC(CC)C(C)CC(C)F. The quantitative estimate of drug-likeness (QED) is 0.442. The highest BCUT2D eigenvalue weighted by Gasteiger charge is 2.21. The largest absolute Gasteiger partial charge is 0.248 e. The van der Waals surface area contributed by atoms with Gasteiger partial charge in [0.2, 0.25) is 0 Å². The Morgan fingerprint density at radius 3 is 1.76 bits per heavy atom. The van der Waals surface area contributed by atoms with Crippen molar-refractivity contribution in [3.05, 3.63) is 0 Å². The van der Waals surface area contributed by atoms with Crippen LogP contribution in [0.25, 0.3) is 0 Å². The van der Waals surface area contributed by atoms with E-state index in [0.29, 0.717) is 5.92 Å². The smallest absolute Gasteiger partial charge is 0.0976 e. The minimum atomic E-state index is -0.644. The van der Waals surface area contributed by atoms with Crippen LogP contribution in [0.3, 0.4) is 0 Å². The van der Waals surface area contributed by atoms with Crippen LogP contribution in [0.1, 0.15) is 79.6 Å². The minimum absolute atomic E-state index is 0.538. The number of alkyl halides is 1. The van der Waals surface area contributed by atoms with Crippen molar-refractivity contribution in [3.63, 3.8) is 0 Å². The highest BCUT2D eigenvalue weighted by Crippen LogP contribution is 2.31. The third-order valence-corrected chi connectivity index (χ3v) is 4.06. The number of halogens is 1. The summed E-state index contributed by atoms with van der Waals surface area (Å²) < 4.78 is 13.1. The zero-order valence-corrected chi connectivity index (χ0v) is 12.6. The molecule has 0 spiro atoms. The molecule has 0 N–H and O–H groups in total. The molecule has 3 unspecified atom stereocenters. The molecule has 0 radical (unpaired) electrons. The summed E-state index contributed by atoms with van der Waals surface area (Å²) in [6, 6.07) is 0. The Morgan fingerprint density at radius 2 is 1.41 bits per heavy atom. The Balaban J connectivity index is 4.22. The Labute approximate surface area is 108 Å². The molecule has 0 aliphatic carbocycles. The molecule has 3 atom stereocenters. The minimum Gasteiger partial charge on any atom is -0.248 e. The van der Waals surface area contributed by atoms with E-state index in [1.807, 2.05) is 0 Å². The Hall–Kier alpha value is -0.0700. The molecule has 0 saturated carbocycles. The van der Waals surface area contributed by atoms with Crippen LogP contribution >= 0.6 is 0 Å². The molecule has 0 aliphatic rings. The maximum atomic E-state index is 13.1. The molecule has 0 heterocycles. The Bertz CT molecular complexity index is 159. The lowest BCUT2D eigenvalue weighted by Crippen LogP contribution is -2.18. The average molecular weight is 244 g/mol. The van der Waals surface area contributed by atoms with Gasteiger partial charge in [0.05, 0.1) is 6.17 Å². The fourth-order valence-corrected chi connectivity index (χ4v) is 3.13. The Kier molecular flexibility index (Phi) is 9.87. The van der Waals surface area contributed by atoms with Gasteiger partial charge in [-0.2, -0.15) is 0 Å². The third-order valence-electron chi connectivity index (χ3n) is 4.06. The highest BCUT2D eigenvalue weighted by molar-refractivity contribution is 4.72. The fraction of sp³-hybridized carbons (Fsp3) is 1.00. The van der Waals surface area contributed by atoms with E-state index in [1.165, 1.54) is 38.5 Å². The molecule has 0 aromatic rings. The van der Waals surface area contributed by atoms with Gasteiger partial charge in [-0.3, -0.25) is 0 Å². The molecular weight excluding hydrogens is 211 g/mol. The van der Waals surface area contributed by atoms with Crippen molar-refractivity contribution in [2.45, 2.75) is 85.7 Å². The van der Waals surface area contributed by atoms with Crippen molar-refractivity contribution in [2.24, 2.45) is 17.8 Å². The van der Waals surface area contributed by atoms with Crippen LogP contribution in [-0.4, -0.2) is 6.17 Å². The van der Waals surface area contributed by atoms with Crippen molar-refractivity contribution in [1.82, 2.24) is 0 Å². The van der Waals surface area contributed by atoms with E-state index in [2.05, 4.69) is 27.7 Å². The second-order valence-electron chi connectivity index (χ2n) is 5.84. The van der Waals surface area contributed by atoms with E-state index in [9.17, 15) is 4.39 Å². The Morgan fingerprint density at radius 1 is 0.882 bits per heavy atom. The van der Waals surface area contributed by atoms with E-state index in [0.717, 1.165) is 18.3 Å². The fourth-order valence-electron chi connectivity index (χ4n) is 3.13. The van der Waals surface area contributed by atoms with Gasteiger partial charge in [-0.05, 0) is 37.5 Å². The summed E-state index contributed by atoms with van der Waals surface area (Å²) in [5.41, 5.74) is 0. The van der Waals surface area contributed by atoms with Crippen LogP contribution in [0, 0.1) is 17.8 Å². The van der Waals surface area contributed by atoms with E-state index in [4.69, 9.17) is 0 Å². The van der Waals surface area contributed by atoms with Crippen LogP contribution in [-0.2, 0) is 0 Å². The van der Waals surface area contributed by atoms with E-state index < -0.39 is 6.17 Å². The normalized spacial score (nSPS) is 17.1. The highest BCUT2D eigenvalue weighted by atomic mass is 19.1. The first-order valence-electron chi connectivity index (χ1n) is 7.69. The van der Waals surface area contributed by atoms with Crippen LogP contribution in [0.2, 0.25) is 0 Å². The molecule has 0 bridgehead atoms. The second-order valence-corrected chi connectivity index (χ2v) is 5.84. The zero-order chi connectivity index (χ0) is 13.3. The van der Waals surface area contributed by atoms with Crippen LogP contribution < -0.4 is 0 Å². The maximum absolute atomic E-state index is 13.1. The molecule has 0 amide bonds. The van der Waals surface area contributed by atoms with Gasteiger partial charge in [0.25, 0.3) is 0 Å². The molecule has 0 rings (SSSR count). The standard InChI is InChI=1S/C16H33F/c1-6-9-15(10-7-2)12-16(8-3)13(4)11-14(5)17/h13-16H,6-12H2,1-5H3. The predicted octanol–water partition coefficient (Wildman–Crippen LogP) is 6.00. The van der Waals surface area contributed by atoms with Crippen molar-refractivity contribution < 1.29 is 4.39 Å². The van der Waals surface area contributed by atoms with Gasteiger partial charge in [-0.1, -0.05) is 59.8 Å². The van der Waals surface area contributed by atoms with Crippen molar-refractivity contribution in [2.75, 3.05) is 0 Å². The van der Waals surface area contributed by atoms with Crippen LogP contribution in [0.15, 0.2) is 0 Å². The molecule has 0 aromatic carbocycles. The predicted molar refractivity (Wildman–Crippen MR) is 76.1 cm³/mol. The van der Waals surface area contributed by atoms with E-state index >= 15 is 0 Å². The number of rotatable bonds is 10. The molecule has 104 valence electrons. The average Bonchev–Trinajstić information content (AvgIpc) is 2.25. The summed E-state index contributed by atoms with van der Waals surface area (Å²) in [7, 11) is 0. The lowest BCUT2D eigenvalue weighted by atomic mass is 9.79.